The average Bonchev–Trinajstić information content (AvgIpc) is 3.06. The Kier molecular flexibility index (Phi) is 4.95. The lowest BCUT2D eigenvalue weighted by molar-refractivity contribution is 0.194. The predicted molar refractivity (Wildman–Crippen MR) is 112 cm³/mol. The summed E-state index contributed by atoms with van der Waals surface area (Å²) in [6.45, 7) is 5.26. The third kappa shape index (κ3) is 3.43. The van der Waals surface area contributed by atoms with E-state index in [0.29, 0.717) is 44.0 Å². The number of benzene rings is 1. The van der Waals surface area contributed by atoms with Crippen molar-refractivity contribution in [1.29, 1.82) is 0 Å². The van der Waals surface area contributed by atoms with Crippen LogP contribution in [0, 0.1) is 0 Å². The molecule has 0 radical (unpaired) electrons. The van der Waals surface area contributed by atoms with Crippen molar-refractivity contribution < 1.29 is 5.11 Å². The highest BCUT2D eigenvalue weighted by Crippen LogP contribution is 2.36. The lowest BCUT2D eigenvalue weighted by Gasteiger charge is -2.38. The number of H-pyrrole nitrogens is 1. The van der Waals surface area contributed by atoms with Gasteiger partial charge in [-0.2, -0.15) is 5.10 Å². The molecule has 4 N–H and O–H groups in total. The molecule has 0 spiro atoms. The summed E-state index contributed by atoms with van der Waals surface area (Å²) in [5.41, 5.74) is 8.88. The van der Waals surface area contributed by atoms with Crippen LogP contribution in [0.4, 0.5) is 5.82 Å². The molecule has 3 heterocycles. The molecule has 0 amide bonds. The van der Waals surface area contributed by atoms with E-state index in [2.05, 4.69) is 22.0 Å². The number of hydrogen-bond acceptors (Lipinski definition) is 6. The van der Waals surface area contributed by atoms with Crippen LogP contribution in [-0.4, -0.2) is 43.9 Å². The van der Waals surface area contributed by atoms with Crippen molar-refractivity contribution >= 4 is 40.2 Å². The zero-order chi connectivity index (χ0) is 20.1. The third-order valence-corrected chi connectivity index (χ3v) is 6.03. The Morgan fingerprint density at radius 1 is 1.25 bits per heavy atom. The number of piperidine rings is 1. The van der Waals surface area contributed by atoms with Crippen molar-refractivity contribution in [2.75, 3.05) is 18.0 Å². The van der Waals surface area contributed by atoms with Gasteiger partial charge in [0.25, 0.3) is 0 Å². The maximum atomic E-state index is 10.4. The highest BCUT2D eigenvalue weighted by atomic mass is 35.5. The second kappa shape index (κ2) is 7.15. The molecule has 3 aromatic rings. The van der Waals surface area contributed by atoms with Gasteiger partial charge in [-0.1, -0.05) is 35.3 Å². The number of anilines is 1. The minimum absolute atomic E-state index is 0.177. The number of aliphatic hydroxyl groups excluding tert-OH is 1. The van der Waals surface area contributed by atoms with E-state index in [4.69, 9.17) is 38.9 Å². The largest absolute Gasteiger partial charge is 0.387 e. The van der Waals surface area contributed by atoms with Crippen LogP contribution < -0.4 is 10.6 Å². The van der Waals surface area contributed by atoms with Crippen LogP contribution in [0.3, 0.4) is 0 Å². The summed E-state index contributed by atoms with van der Waals surface area (Å²) < 4.78 is 0. The van der Waals surface area contributed by atoms with Gasteiger partial charge in [0.05, 0.1) is 16.1 Å². The minimum atomic E-state index is -0.782. The van der Waals surface area contributed by atoms with Crippen LogP contribution in [0.5, 0.6) is 0 Å². The Labute approximate surface area is 172 Å². The van der Waals surface area contributed by atoms with Crippen molar-refractivity contribution in [3.63, 3.8) is 0 Å². The van der Waals surface area contributed by atoms with E-state index in [1.165, 1.54) is 0 Å². The van der Waals surface area contributed by atoms with E-state index >= 15 is 0 Å². The number of hydrogen-bond donors (Lipinski definition) is 3. The van der Waals surface area contributed by atoms with Gasteiger partial charge in [0.2, 0.25) is 0 Å². The molecular weight excluding hydrogens is 399 g/mol. The minimum Gasteiger partial charge on any atom is -0.387 e. The Bertz CT molecular complexity index is 1020. The number of nitrogens with zero attached hydrogens (tertiary/aromatic N) is 4. The van der Waals surface area contributed by atoms with Crippen molar-refractivity contribution in [1.82, 2.24) is 20.2 Å². The highest BCUT2D eigenvalue weighted by molar-refractivity contribution is 6.43. The molecule has 1 aromatic carbocycles. The van der Waals surface area contributed by atoms with Gasteiger partial charge >= 0.3 is 0 Å². The molecule has 4 rings (SSSR count). The van der Waals surface area contributed by atoms with Gasteiger partial charge in [-0.3, -0.25) is 5.10 Å². The molecule has 1 aliphatic rings. The maximum Gasteiger partial charge on any atom is 0.177 e. The van der Waals surface area contributed by atoms with Crippen LogP contribution in [-0.2, 0) is 0 Å². The SMILES string of the molecule is CC(O)c1nc2c(-c3cccc(Cl)c3Cl)n[nH]c2nc1N1CCC(C)(N)CC1. The molecule has 0 bridgehead atoms. The molecule has 1 saturated heterocycles. The first-order valence-electron chi connectivity index (χ1n) is 9.19. The fraction of sp³-hybridized carbons (Fsp3) is 0.421. The molecule has 1 unspecified atom stereocenters. The fourth-order valence-electron chi connectivity index (χ4n) is 3.46. The number of fused-ring (bicyclic) bond motifs is 1. The Hall–Kier alpha value is -1.93. The number of halogens is 2. The first-order chi connectivity index (χ1) is 13.3. The van der Waals surface area contributed by atoms with Crippen LogP contribution >= 0.6 is 23.2 Å². The van der Waals surface area contributed by atoms with E-state index in [0.717, 1.165) is 25.9 Å². The second-order valence-corrected chi connectivity index (χ2v) is 8.41. The number of aromatic nitrogens is 4. The van der Waals surface area contributed by atoms with E-state index in [1.807, 2.05) is 6.07 Å². The van der Waals surface area contributed by atoms with Crippen molar-refractivity contribution in [2.24, 2.45) is 5.73 Å². The fourth-order valence-corrected chi connectivity index (χ4v) is 3.85. The average molecular weight is 421 g/mol. The first-order valence-corrected chi connectivity index (χ1v) is 9.95. The zero-order valence-electron chi connectivity index (χ0n) is 15.7. The number of nitrogens with two attached hydrogens (primary N) is 1. The summed E-state index contributed by atoms with van der Waals surface area (Å²) in [6.07, 6.45) is 0.909. The van der Waals surface area contributed by atoms with Gasteiger partial charge in [0.1, 0.15) is 16.9 Å². The molecule has 2 aromatic heterocycles. The van der Waals surface area contributed by atoms with E-state index in [9.17, 15) is 5.11 Å². The third-order valence-electron chi connectivity index (χ3n) is 5.21. The van der Waals surface area contributed by atoms with Crippen LogP contribution in [0.1, 0.15) is 38.5 Å². The Morgan fingerprint density at radius 2 is 1.96 bits per heavy atom. The summed E-state index contributed by atoms with van der Waals surface area (Å²) in [5.74, 6) is 0.658. The van der Waals surface area contributed by atoms with Crippen LogP contribution in [0.25, 0.3) is 22.4 Å². The van der Waals surface area contributed by atoms with Crippen LogP contribution in [0.2, 0.25) is 10.0 Å². The van der Waals surface area contributed by atoms with E-state index in [-0.39, 0.29) is 5.54 Å². The molecule has 0 saturated carbocycles. The van der Waals surface area contributed by atoms with Crippen LogP contribution in [0.15, 0.2) is 18.2 Å². The number of aromatic amines is 1. The van der Waals surface area contributed by atoms with Gasteiger partial charge in [0, 0.05) is 24.2 Å². The summed E-state index contributed by atoms with van der Waals surface area (Å²) >= 11 is 12.5. The van der Waals surface area contributed by atoms with Gasteiger partial charge in [-0.15, -0.1) is 0 Å². The zero-order valence-corrected chi connectivity index (χ0v) is 17.2. The quantitative estimate of drug-likeness (QED) is 0.596. The summed E-state index contributed by atoms with van der Waals surface area (Å²) in [5, 5.41) is 18.5. The molecule has 9 heteroatoms. The summed E-state index contributed by atoms with van der Waals surface area (Å²) in [6, 6.07) is 5.35. The van der Waals surface area contributed by atoms with Gasteiger partial charge < -0.3 is 15.7 Å². The normalized spacial score (nSPS) is 17.9. The maximum absolute atomic E-state index is 10.4. The lowest BCUT2D eigenvalue weighted by Crippen LogP contribution is -2.48. The molecule has 7 nitrogen and oxygen atoms in total. The van der Waals surface area contributed by atoms with Gasteiger partial charge in [-0.05, 0) is 32.8 Å². The topological polar surface area (TPSA) is 104 Å². The summed E-state index contributed by atoms with van der Waals surface area (Å²) in [7, 11) is 0. The van der Waals surface area contributed by atoms with Crippen molar-refractivity contribution in [3.05, 3.63) is 33.9 Å². The predicted octanol–water partition coefficient (Wildman–Crippen LogP) is 3.70. The highest BCUT2D eigenvalue weighted by Gasteiger charge is 2.29. The number of nitrogens with one attached hydrogen (secondary N) is 1. The van der Waals surface area contributed by atoms with Crippen molar-refractivity contribution in [2.45, 2.75) is 38.3 Å². The molecular formula is C19H22Cl2N6O. The Balaban J connectivity index is 1.82. The molecule has 0 aliphatic carbocycles. The van der Waals surface area contributed by atoms with E-state index < -0.39 is 6.10 Å². The smallest absolute Gasteiger partial charge is 0.177 e. The molecule has 148 valence electrons. The molecule has 1 fully saturated rings. The number of rotatable bonds is 3. The molecule has 1 aliphatic heterocycles. The van der Waals surface area contributed by atoms with Gasteiger partial charge in [0.15, 0.2) is 11.5 Å². The molecule has 1 atom stereocenters. The molecule has 28 heavy (non-hydrogen) atoms. The second-order valence-electron chi connectivity index (χ2n) is 7.62. The van der Waals surface area contributed by atoms with E-state index in [1.54, 1.807) is 19.1 Å². The monoisotopic (exact) mass is 420 g/mol. The number of aliphatic hydroxyl groups is 1. The lowest BCUT2D eigenvalue weighted by atomic mass is 9.91. The first kappa shape index (κ1) is 19.4. The standard InChI is InChI=1S/C19H22Cl2N6O/c1-10(28)14-18(27-8-6-19(2,22)7-9-27)24-17-16(23-14)15(25-26-17)11-4-3-5-12(20)13(11)21/h3-5,10,28H,6-9,22H2,1-2H3,(H,24,25,26). The summed E-state index contributed by atoms with van der Waals surface area (Å²) in [4.78, 5) is 11.6. The Morgan fingerprint density at radius 3 is 2.64 bits per heavy atom. The van der Waals surface area contributed by atoms with Gasteiger partial charge in [-0.25, -0.2) is 9.97 Å². The van der Waals surface area contributed by atoms with Crippen molar-refractivity contribution in [3.8, 4) is 11.3 Å².